The average molecular weight is 525 g/mol. The molecule has 11 heteroatoms. The van der Waals surface area contributed by atoms with Gasteiger partial charge in [-0.2, -0.15) is 5.10 Å². The van der Waals surface area contributed by atoms with Crippen LogP contribution in [0.1, 0.15) is 22.8 Å². The highest BCUT2D eigenvalue weighted by atomic mass is 35.5. The molecule has 1 aromatic heterocycles. The van der Waals surface area contributed by atoms with Gasteiger partial charge in [-0.15, -0.1) is 0 Å². The number of hydrogen-bond acceptors (Lipinski definition) is 5. The molecular weight excluding hydrogens is 496 g/mol. The predicted molar refractivity (Wildman–Crippen MR) is 140 cm³/mol. The maximum absolute atomic E-state index is 13.7. The van der Waals surface area contributed by atoms with E-state index in [0.717, 1.165) is 11.3 Å². The third-order valence-electron chi connectivity index (χ3n) is 6.31. The Kier molecular flexibility index (Phi) is 8.10. The molecule has 37 heavy (non-hydrogen) atoms. The fourth-order valence-electron chi connectivity index (χ4n) is 4.22. The molecule has 0 saturated carbocycles. The van der Waals surface area contributed by atoms with Gasteiger partial charge in [-0.1, -0.05) is 29.8 Å². The fraction of sp³-hybridized carbons (Fsp3) is 0.308. The molecule has 4 rings (SSSR count). The summed E-state index contributed by atoms with van der Waals surface area (Å²) in [5, 5.41) is 16.2. The number of anilines is 1. The number of aliphatic hydroxyl groups excluding tert-OH is 1. The van der Waals surface area contributed by atoms with E-state index in [1.807, 2.05) is 31.2 Å². The largest absolute Gasteiger partial charge is 0.395 e. The Bertz CT molecular complexity index is 1280. The summed E-state index contributed by atoms with van der Waals surface area (Å²) in [5.41, 5.74) is 2.57. The third-order valence-corrected chi connectivity index (χ3v) is 6.62. The summed E-state index contributed by atoms with van der Waals surface area (Å²) < 4.78 is 1.66. The Morgan fingerprint density at radius 1 is 1.19 bits per heavy atom. The summed E-state index contributed by atoms with van der Waals surface area (Å²) in [7, 11) is 1.56. The highest BCUT2D eigenvalue weighted by molar-refractivity contribution is 6.34. The van der Waals surface area contributed by atoms with E-state index in [-0.39, 0.29) is 50.6 Å². The molecule has 10 nitrogen and oxygen atoms in total. The number of aromatic nitrogens is 2. The van der Waals surface area contributed by atoms with Crippen LogP contribution in [0.25, 0.3) is 5.69 Å². The van der Waals surface area contributed by atoms with Crippen molar-refractivity contribution in [2.45, 2.75) is 19.5 Å². The highest BCUT2D eigenvalue weighted by Gasteiger charge is 2.32. The molecule has 3 aromatic rings. The summed E-state index contributed by atoms with van der Waals surface area (Å²) in [5.74, 6) is -0.588. The standard InChI is InChI=1S/C26H29ClN6O4/c1-18-16-32(25(36)21-9-8-20(14-22(21)27)33-11-5-10-29-33)23-7-4-3-6-19(23)17-31(18)26(37)28-15-24(35)30(2)12-13-34/h3-11,14,18,34H,12-13,15-17H2,1-2H3,(H,28,37)/t18-/m1/s1. The Morgan fingerprint density at radius 2 is 1.97 bits per heavy atom. The summed E-state index contributed by atoms with van der Waals surface area (Å²) in [4.78, 5) is 43.6. The van der Waals surface area contributed by atoms with Crippen LogP contribution >= 0.6 is 11.6 Å². The molecule has 1 aliphatic rings. The second-order valence-corrected chi connectivity index (χ2v) is 9.24. The van der Waals surface area contributed by atoms with E-state index < -0.39 is 6.03 Å². The van der Waals surface area contributed by atoms with Crippen molar-refractivity contribution < 1.29 is 19.5 Å². The van der Waals surface area contributed by atoms with E-state index in [9.17, 15) is 14.4 Å². The molecule has 0 fully saturated rings. The van der Waals surface area contributed by atoms with Crippen molar-refractivity contribution in [3.05, 3.63) is 77.1 Å². The number of carbonyl (C=O) groups excluding carboxylic acids is 3. The maximum atomic E-state index is 13.7. The number of rotatable bonds is 6. The lowest BCUT2D eigenvalue weighted by atomic mass is 10.1. The summed E-state index contributed by atoms with van der Waals surface area (Å²) in [6.07, 6.45) is 3.45. The van der Waals surface area contributed by atoms with Crippen molar-refractivity contribution >= 4 is 35.1 Å². The molecule has 2 heterocycles. The van der Waals surface area contributed by atoms with Gasteiger partial charge in [0.1, 0.15) is 0 Å². The first kappa shape index (κ1) is 26.2. The predicted octanol–water partition coefficient (Wildman–Crippen LogP) is 2.54. The van der Waals surface area contributed by atoms with E-state index >= 15 is 0 Å². The molecule has 0 aliphatic carbocycles. The number of likely N-dealkylation sites (N-methyl/N-ethyl adjacent to an activating group) is 1. The molecule has 0 radical (unpaired) electrons. The molecule has 0 bridgehead atoms. The van der Waals surface area contributed by atoms with E-state index in [1.54, 1.807) is 58.2 Å². The molecule has 4 amide bonds. The van der Waals surface area contributed by atoms with Crippen molar-refractivity contribution in [1.29, 1.82) is 0 Å². The number of benzene rings is 2. The zero-order chi connectivity index (χ0) is 26.5. The first-order valence-electron chi connectivity index (χ1n) is 11.9. The average Bonchev–Trinajstić information content (AvgIpc) is 3.39. The van der Waals surface area contributed by atoms with E-state index in [1.165, 1.54) is 4.90 Å². The van der Waals surface area contributed by atoms with Crippen LogP contribution in [0, 0.1) is 0 Å². The molecule has 2 aromatic carbocycles. The quantitative estimate of drug-likeness (QED) is 0.515. The molecule has 1 aliphatic heterocycles. The van der Waals surface area contributed by atoms with E-state index in [0.29, 0.717) is 16.3 Å². The number of nitrogens with zero attached hydrogens (tertiary/aromatic N) is 5. The minimum Gasteiger partial charge on any atom is -0.395 e. The van der Waals surface area contributed by atoms with Crippen LogP contribution in [0.4, 0.5) is 10.5 Å². The number of amides is 4. The number of aliphatic hydroxyl groups is 1. The summed E-state index contributed by atoms with van der Waals surface area (Å²) in [6, 6.07) is 13.6. The fourth-order valence-corrected chi connectivity index (χ4v) is 4.48. The Hall–Kier alpha value is -3.89. The number of nitrogens with one attached hydrogen (secondary N) is 1. The third kappa shape index (κ3) is 5.76. The number of fused-ring (bicyclic) bond motifs is 1. The topological polar surface area (TPSA) is 111 Å². The van der Waals surface area contributed by atoms with Crippen LogP contribution < -0.4 is 10.2 Å². The monoisotopic (exact) mass is 524 g/mol. The second-order valence-electron chi connectivity index (χ2n) is 8.83. The Balaban J connectivity index is 1.55. The van der Waals surface area contributed by atoms with Gasteiger partial charge in [0.2, 0.25) is 5.91 Å². The number of para-hydroxylation sites is 1. The molecule has 0 unspecified atom stereocenters. The van der Waals surface area contributed by atoms with Gasteiger partial charge < -0.3 is 25.1 Å². The Labute approximate surface area is 220 Å². The number of halogens is 1. The van der Waals surface area contributed by atoms with Gasteiger partial charge in [0.25, 0.3) is 5.91 Å². The van der Waals surface area contributed by atoms with E-state index in [4.69, 9.17) is 16.7 Å². The lowest BCUT2D eigenvalue weighted by Crippen LogP contribution is -2.50. The van der Waals surface area contributed by atoms with Gasteiger partial charge in [-0.3, -0.25) is 9.59 Å². The van der Waals surface area contributed by atoms with Crippen molar-refractivity contribution in [3.8, 4) is 5.69 Å². The lowest BCUT2D eigenvalue weighted by molar-refractivity contribution is -0.129. The van der Waals surface area contributed by atoms with Gasteiger partial charge in [-0.05, 0) is 42.8 Å². The van der Waals surface area contributed by atoms with Gasteiger partial charge in [0, 0.05) is 50.8 Å². The van der Waals surface area contributed by atoms with Crippen LogP contribution in [0.15, 0.2) is 60.9 Å². The first-order chi connectivity index (χ1) is 17.8. The van der Waals surface area contributed by atoms with Gasteiger partial charge in [-0.25, -0.2) is 9.48 Å². The van der Waals surface area contributed by atoms with Crippen LogP contribution in [-0.4, -0.2) is 81.9 Å². The first-order valence-corrected chi connectivity index (χ1v) is 12.3. The number of carbonyl (C=O) groups is 3. The van der Waals surface area contributed by atoms with Crippen molar-refractivity contribution in [2.24, 2.45) is 0 Å². The molecular formula is C26H29ClN6O4. The maximum Gasteiger partial charge on any atom is 0.318 e. The number of urea groups is 1. The SMILES string of the molecule is C[C@@H]1CN(C(=O)c2ccc(-n3cccn3)cc2Cl)c2ccccc2CN1C(=O)NCC(=O)N(C)CCO. The molecule has 2 N–H and O–H groups in total. The molecule has 1 atom stereocenters. The Morgan fingerprint density at radius 3 is 2.68 bits per heavy atom. The van der Waals surface area contributed by atoms with Gasteiger partial charge in [0.15, 0.2) is 0 Å². The normalized spacial score (nSPS) is 15.1. The zero-order valence-corrected chi connectivity index (χ0v) is 21.4. The minimum atomic E-state index is -0.413. The van der Waals surface area contributed by atoms with Crippen LogP contribution in [0.2, 0.25) is 5.02 Å². The minimum absolute atomic E-state index is 0.157. The van der Waals surface area contributed by atoms with Gasteiger partial charge in [0.05, 0.1) is 29.4 Å². The molecule has 194 valence electrons. The second kappa shape index (κ2) is 11.4. The van der Waals surface area contributed by atoms with Crippen LogP contribution in [0.5, 0.6) is 0 Å². The van der Waals surface area contributed by atoms with Crippen LogP contribution in [0.3, 0.4) is 0 Å². The summed E-state index contributed by atoms with van der Waals surface area (Å²) >= 11 is 6.55. The lowest BCUT2D eigenvalue weighted by Gasteiger charge is -2.29. The molecule has 0 saturated heterocycles. The number of hydrogen-bond donors (Lipinski definition) is 2. The van der Waals surface area contributed by atoms with E-state index in [2.05, 4.69) is 10.4 Å². The van der Waals surface area contributed by atoms with Crippen molar-refractivity contribution in [2.75, 3.05) is 38.2 Å². The van der Waals surface area contributed by atoms with Crippen molar-refractivity contribution in [1.82, 2.24) is 24.9 Å². The smallest absolute Gasteiger partial charge is 0.318 e. The van der Waals surface area contributed by atoms with Gasteiger partial charge >= 0.3 is 6.03 Å². The highest BCUT2D eigenvalue weighted by Crippen LogP contribution is 2.30. The molecule has 0 spiro atoms. The summed E-state index contributed by atoms with van der Waals surface area (Å²) in [6.45, 7) is 2.19. The zero-order valence-electron chi connectivity index (χ0n) is 20.7. The van der Waals surface area contributed by atoms with Crippen molar-refractivity contribution in [3.63, 3.8) is 0 Å². The van der Waals surface area contributed by atoms with Crippen LogP contribution in [-0.2, 0) is 11.3 Å².